The molecule has 0 aliphatic carbocycles. The molecular formula is C9H8BrClN2O3S. The average molecular weight is 340 g/mol. The summed E-state index contributed by atoms with van der Waals surface area (Å²) in [6, 6.07) is 1.62. The van der Waals surface area contributed by atoms with Crippen LogP contribution in [0, 0.1) is 0 Å². The number of carboxylic acid groups (broad SMARTS) is 1. The quantitative estimate of drug-likeness (QED) is 0.804. The van der Waals surface area contributed by atoms with Crippen LogP contribution in [0.15, 0.2) is 16.7 Å². The summed E-state index contributed by atoms with van der Waals surface area (Å²) in [6.45, 7) is 0. The van der Waals surface area contributed by atoms with Crippen molar-refractivity contribution < 1.29 is 14.7 Å². The molecule has 0 saturated carbocycles. The third-order valence-electron chi connectivity index (χ3n) is 1.54. The van der Waals surface area contributed by atoms with Gasteiger partial charge in [-0.2, -0.15) is 0 Å². The largest absolute Gasteiger partial charge is 0.481 e. The number of aliphatic carboxylic acids is 1. The summed E-state index contributed by atoms with van der Waals surface area (Å²) < 4.78 is 0.579. The van der Waals surface area contributed by atoms with E-state index < -0.39 is 5.97 Å². The van der Waals surface area contributed by atoms with E-state index in [0.29, 0.717) is 15.3 Å². The Balaban J connectivity index is 2.45. The van der Waals surface area contributed by atoms with Crippen LogP contribution in [0.2, 0.25) is 5.15 Å². The first-order chi connectivity index (χ1) is 7.99. The number of carbonyl (C=O) groups is 2. The van der Waals surface area contributed by atoms with Crippen LogP contribution < -0.4 is 5.32 Å². The number of nitrogens with zero attached hydrogens (tertiary/aromatic N) is 1. The second kappa shape index (κ2) is 6.83. The minimum absolute atomic E-state index is 0.0759. The molecule has 1 amide bonds. The fourth-order valence-electron chi connectivity index (χ4n) is 0.918. The minimum Gasteiger partial charge on any atom is -0.481 e. The van der Waals surface area contributed by atoms with Gasteiger partial charge in [-0.3, -0.25) is 9.59 Å². The van der Waals surface area contributed by atoms with Crippen LogP contribution in [-0.2, 0) is 9.59 Å². The molecule has 5 nitrogen and oxygen atoms in total. The van der Waals surface area contributed by atoms with E-state index in [-0.39, 0.29) is 17.4 Å². The molecule has 0 fully saturated rings. The van der Waals surface area contributed by atoms with Gasteiger partial charge >= 0.3 is 5.97 Å². The van der Waals surface area contributed by atoms with Crippen molar-refractivity contribution in [1.82, 2.24) is 4.98 Å². The van der Waals surface area contributed by atoms with Gasteiger partial charge in [-0.05, 0) is 22.0 Å². The molecule has 0 atom stereocenters. The van der Waals surface area contributed by atoms with Crippen LogP contribution >= 0.6 is 39.3 Å². The minimum atomic E-state index is -0.946. The van der Waals surface area contributed by atoms with Crippen molar-refractivity contribution in [2.24, 2.45) is 0 Å². The van der Waals surface area contributed by atoms with Crippen molar-refractivity contribution in [2.75, 3.05) is 16.8 Å². The molecule has 8 heteroatoms. The van der Waals surface area contributed by atoms with Gasteiger partial charge in [0.25, 0.3) is 0 Å². The fraction of sp³-hybridized carbons (Fsp3) is 0.222. The zero-order valence-electron chi connectivity index (χ0n) is 8.44. The molecule has 0 aliphatic heterocycles. The summed E-state index contributed by atoms with van der Waals surface area (Å²) in [5, 5.41) is 11.3. The molecule has 0 saturated heterocycles. The normalized spacial score (nSPS) is 10.0. The standard InChI is InChI=1S/C9H8BrClN2O3S/c10-6-1-5(2-12-9(6)11)13-7(14)3-17-4-8(15)16/h1-2H,3-4H2,(H,13,14)(H,15,16). The van der Waals surface area contributed by atoms with E-state index in [1.54, 1.807) is 6.07 Å². The van der Waals surface area contributed by atoms with E-state index in [9.17, 15) is 9.59 Å². The lowest BCUT2D eigenvalue weighted by molar-refractivity contribution is -0.133. The Morgan fingerprint density at radius 1 is 1.53 bits per heavy atom. The van der Waals surface area contributed by atoms with Crippen LogP contribution in [0.5, 0.6) is 0 Å². The van der Waals surface area contributed by atoms with E-state index in [4.69, 9.17) is 16.7 Å². The summed E-state index contributed by atoms with van der Waals surface area (Å²) in [6.07, 6.45) is 1.42. The van der Waals surface area contributed by atoms with Crippen molar-refractivity contribution in [3.05, 3.63) is 21.9 Å². The smallest absolute Gasteiger partial charge is 0.313 e. The average Bonchev–Trinajstić information content (AvgIpc) is 2.23. The molecule has 17 heavy (non-hydrogen) atoms. The van der Waals surface area contributed by atoms with E-state index in [1.165, 1.54) is 6.20 Å². The van der Waals surface area contributed by atoms with Crippen molar-refractivity contribution in [2.45, 2.75) is 0 Å². The van der Waals surface area contributed by atoms with Crippen LogP contribution in [0.25, 0.3) is 0 Å². The third kappa shape index (κ3) is 5.38. The number of aromatic nitrogens is 1. The molecular weight excluding hydrogens is 332 g/mol. The first kappa shape index (κ1) is 14.3. The summed E-state index contributed by atoms with van der Waals surface area (Å²) in [5.74, 6) is -1.26. The molecule has 1 rings (SSSR count). The summed E-state index contributed by atoms with van der Waals surface area (Å²) in [7, 11) is 0. The third-order valence-corrected chi connectivity index (χ3v) is 3.59. The number of nitrogens with one attached hydrogen (secondary N) is 1. The molecule has 0 unspecified atom stereocenters. The van der Waals surface area contributed by atoms with E-state index in [2.05, 4.69) is 26.2 Å². The van der Waals surface area contributed by atoms with E-state index >= 15 is 0 Å². The summed E-state index contributed by atoms with van der Waals surface area (Å²) in [4.78, 5) is 25.5. The highest BCUT2D eigenvalue weighted by molar-refractivity contribution is 9.10. The predicted molar refractivity (Wildman–Crippen MR) is 70.5 cm³/mol. The Kier molecular flexibility index (Phi) is 5.73. The molecule has 0 bridgehead atoms. The maximum absolute atomic E-state index is 11.4. The molecule has 1 aromatic rings. The van der Waals surface area contributed by atoms with Gasteiger partial charge < -0.3 is 10.4 Å². The van der Waals surface area contributed by atoms with Gasteiger partial charge in [-0.1, -0.05) is 11.6 Å². The number of carboxylic acids is 1. The number of carbonyl (C=O) groups excluding carboxylic acids is 1. The lowest BCUT2D eigenvalue weighted by Crippen LogP contribution is -2.15. The molecule has 0 aliphatic rings. The second-order valence-electron chi connectivity index (χ2n) is 2.93. The number of amides is 1. The number of hydrogen-bond acceptors (Lipinski definition) is 4. The number of hydrogen-bond donors (Lipinski definition) is 2. The van der Waals surface area contributed by atoms with Gasteiger partial charge in [0.05, 0.1) is 27.9 Å². The fourth-order valence-corrected chi connectivity index (χ4v) is 1.90. The Labute approximate surface area is 115 Å². The van der Waals surface area contributed by atoms with Gasteiger partial charge in [-0.15, -0.1) is 11.8 Å². The molecule has 1 aromatic heterocycles. The predicted octanol–water partition coefficient (Wildman–Crippen LogP) is 2.25. The Hall–Kier alpha value is -0.790. The molecule has 1 heterocycles. The number of rotatable bonds is 5. The SMILES string of the molecule is O=C(O)CSCC(=O)Nc1cnc(Cl)c(Br)c1. The lowest BCUT2D eigenvalue weighted by atomic mass is 10.4. The maximum Gasteiger partial charge on any atom is 0.313 e. The number of anilines is 1. The van der Waals surface area contributed by atoms with Gasteiger partial charge in [0.15, 0.2) is 0 Å². The van der Waals surface area contributed by atoms with Crippen LogP contribution in [0.3, 0.4) is 0 Å². The molecule has 0 spiro atoms. The maximum atomic E-state index is 11.4. The number of pyridine rings is 1. The van der Waals surface area contributed by atoms with E-state index in [1.807, 2.05) is 0 Å². The second-order valence-corrected chi connectivity index (χ2v) is 5.13. The Morgan fingerprint density at radius 3 is 2.82 bits per heavy atom. The molecule has 0 radical (unpaired) electrons. The van der Waals surface area contributed by atoms with Crippen molar-refractivity contribution in [3.63, 3.8) is 0 Å². The highest BCUT2D eigenvalue weighted by Crippen LogP contribution is 2.22. The van der Waals surface area contributed by atoms with Crippen LogP contribution in [-0.4, -0.2) is 33.5 Å². The van der Waals surface area contributed by atoms with Crippen molar-refractivity contribution in [1.29, 1.82) is 0 Å². The van der Waals surface area contributed by atoms with Crippen LogP contribution in [0.4, 0.5) is 5.69 Å². The summed E-state index contributed by atoms with van der Waals surface area (Å²) in [5.41, 5.74) is 0.502. The zero-order valence-corrected chi connectivity index (χ0v) is 11.6. The highest BCUT2D eigenvalue weighted by Gasteiger charge is 2.06. The van der Waals surface area contributed by atoms with Crippen LogP contribution in [0.1, 0.15) is 0 Å². The van der Waals surface area contributed by atoms with Gasteiger partial charge in [-0.25, -0.2) is 4.98 Å². The van der Waals surface area contributed by atoms with Gasteiger partial charge in [0, 0.05) is 0 Å². The number of halogens is 2. The lowest BCUT2D eigenvalue weighted by Gasteiger charge is -2.05. The Morgan fingerprint density at radius 2 is 2.24 bits per heavy atom. The van der Waals surface area contributed by atoms with E-state index in [0.717, 1.165) is 11.8 Å². The first-order valence-corrected chi connectivity index (χ1v) is 6.72. The topological polar surface area (TPSA) is 79.3 Å². The van der Waals surface area contributed by atoms with Crippen molar-refractivity contribution >= 4 is 56.9 Å². The number of thioether (sulfide) groups is 1. The van der Waals surface area contributed by atoms with Gasteiger partial charge in [0.1, 0.15) is 5.15 Å². The zero-order chi connectivity index (χ0) is 12.8. The Bertz CT molecular complexity index is 444. The van der Waals surface area contributed by atoms with Crippen molar-refractivity contribution in [3.8, 4) is 0 Å². The highest BCUT2D eigenvalue weighted by atomic mass is 79.9. The molecule has 0 aromatic carbocycles. The summed E-state index contributed by atoms with van der Waals surface area (Å²) >= 11 is 9.90. The monoisotopic (exact) mass is 338 g/mol. The van der Waals surface area contributed by atoms with Gasteiger partial charge in [0.2, 0.25) is 5.91 Å². The molecule has 2 N–H and O–H groups in total. The first-order valence-electron chi connectivity index (χ1n) is 4.39. The molecule has 92 valence electrons.